The Bertz CT molecular complexity index is 430. The Balaban J connectivity index is 1.87. The predicted octanol–water partition coefficient (Wildman–Crippen LogP) is 2.74. The molecule has 1 aromatic rings. The first kappa shape index (κ1) is 11.1. The van der Waals surface area contributed by atoms with Gasteiger partial charge in [0, 0.05) is 23.4 Å². The van der Waals surface area contributed by atoms with Crippen molar-refractivity contribution in [2.24, 2.45) is 11.8 Å². The summed E-state index contributed by atoms with van der Waals surface area (Å²) in [5.41, 5.74) is 1.80. The summed E-state index contributed by atoms with van der Waals surface area (Å²) < 4.78 is 0. The topological polar surface area (TPSA) is 46.0 Å². The first-order valence-corrected chi connectivity index (χ1v) is 6.66. The highest BCUT2D eigenvalue weighted by atomic mass is 16.3. The van der Waals surface area contributed by atoms with Crippen molar-refractivity contribution in [3.05, 3.63) is 23.3 Å². The average molecular weight is 232 g/mol. The van der Waals surface area contributed by atoms with Crippen LogP contribution in [0, 0.1) is 18.8 Å². The third-order valence-corrected chi connectivity index (χ3v) is 4.56. The monoisotopic (exact) mass is 232 g/mol. The van der Waals surface area contributed by atoms with Gasteiger partial charge in [-0.15, -0.1) is 0 Å². The van der Waals surface area contributed by atoms with E-state index in [0.29, 0.717) is 5.92 Å². The van der Waals surface area contributed by atoms with Crippen LogP contribution in [0.3, 0.4) is 0 Å². The lowest BCUT2D eigenvalue weighted by atomic mass is 9.88. The molecule has 3 heteroatoms. The normalized spacial score (nSPS) is 33.0. The molecule has 0 aromatic carbocycles. The van der Waals surface area contributed by atoms with Crippen molar-refractivity contribution in [1.29, 1.82) is 0 Å². The van der Waals surface area contributed by atoms with Gasteiger partial charge < -0.3 is 5.11 Å². The van der Waals surface area contributed by atoms with Crippen LogP contribution in [0.25, 0.3) is 0 Å². The molecule has 2 saturated carbocycles. The molecule has 2 fully saturated rings. The van der Waals surface area contributed by atoms with Crippen LogP contribution >= 0.6 is 0 Å². The second-order valence-electron chi connectivity index (χ2n) is 5.73. The molecule has 3 rings (SSSR count). The Morgan fingerprint density at radius 1 is 1.35 bits per heavy atom. The summed E-state index contributed by atoms with van der Waals surface area (Å²) in [5, 5.41) is 9.59. The number of rotatable bonds is 2. The Morgan fingerprint density at radius 2 is 2.18 bits per heavy atom. The lowest BCUT2D eigenvalue weighted by Gasteiger charge is -2.21. The van der Waals surface area contributed by atoms with Crippen LogP contribution in [0.4, 0.5) is 0 Å². The summed E-state index contributed by atoms with van der Waals surface area (Å²) in [7, 11) is 0. The molecule has 0 radical (unpaired) electrons. The molecule has 0 aliphatic heterocycles. The number of hydrogen-bond acceptors (Lipinski definition) is 3. The van der Waals surface area contributed by atoms with E-state index in [2.05, 4.69) is 9.97 Å². The van der Waals surface area contributed by atoms with Gasteiger partial charge in [0.05, 0.1) is 6.10 Å². The minimum Gasteiger partial charge on any atom is -0.389 e. The van der Waals surface area contributed by atoms with E-state index < -0.39 is 6.10 Å². The first-order valence-electron chi connectivity index (χ1n) is 6.66. The van der Waals surface area contributed by atoms with Gasteiger partial charge in [-0.1, -0.05) is 6.42 Å². The smallest absolute Gasteiger partial charge is 0.131 e. The number of fused-ring (bicyclic) bond motifs is 2. The number of hydrogen-bond donors (Lipinski definition) is 1. The van der Waals surface area contributed by atoms with E-state index in [4.69, 9.17) is 0 Å². The van der Waals surface area contributed by atoms with E-state index in [-0.39, 0.29) is 0 Å². The molecule has 4 unspecified atom stereocenters. The Labute approximate surface area is 102 Å². The average Bonchev–Trinajstić information content (AvgIpc) is 2.89. The molecule has 2 bridgehead atoms. The maximum Gasteiger partial charge on any atom is 0.131 e. The zero-order chi connectivity index (χ0) is 12.0. The molecule has 17 heavy (non-hydrogen) atoms. The van der Waals surface area contributed by atoms with Crippen LogP contribution in [0.1, 0.15) is 61.7 Å². The molecular formula is C14H20N2O. The van der Waals surface area contributed by atoms with E-state index in [0.717, 1.165) is 28.9 Å². The van der Waals surface area contributed by atoms with E-state index >= 15 is 0 Å². The summed E-state index contributed by atoms with van der Waals surface area (Å²) in [6, 6.07) is 0. The standard InChI is InChI=1S/C14H20N2O/c1-8-13(9(2)17)7-15-14(16-8)12-6-10-3-4-11(12)5-10/h7,9-12,17H,3-6H2,1-2H3. The van der Waals surface area contributed by atoms with Crippen LogP contribution in [-0.2, 0) is 0 Å². The molecule has 0 amide bonds. The van der Waals surface area contributed by atoms with E-state index in [1.165, 1.54) is 25.7 Å². The highest BCUT2D eigenvalue weighted by molar-refractivity contribution is 5.20. The molecule has 92 valence electrons. The summed E-state index contributed by atoms with van der Waals surface area (Å²) in [6.07, 6.45) is 6.77. The molecule has 2 aliphatic carbocycles. The number of aliphatic hydroxyl groups is 1. The van der Waals surface area contributed by atoms with E-state index in [1.54, 1.807) is 6.92 Å². The summed E-state index contributed by atoms with van der Waals surface area (Å²) >= 11 is 0. The van der Waals surface area contributed by atoms with Gasteiger partial charge >= 0.3 is 0 Å². The molecule has 3 nitrogen and oxygen atoms in total. The van der Waals surface area contributed by atoms with E-state index in [1.807, 2.05) is 13.1 Å². The third-order valence-electron chi connectivity index (χ3n) is 4.56. The Hall–Kier alpha value is -0.960. The largest absolute Gasteiger partial charge is 0.389 e. The van der Waals surface area contributed by atoms with Gasteiger partial charge in [-0.2, -0.15) is 0 Å². The SMILES string of the molecule is Cc1nc(C2CC3CCC2C3)ncc1C(C)O. The van der Waals surface area contributed by atoms with Crippen molar-refractivity contribution in [3.63, 3.8) is 0 Å². The second-order valence-corrected chi connectivity index (χ2v) is 5.73. The quantitative estimate of drug-likeness (QED) is 0.852. The molecule has 1 aromatic heterocycles. The van der Waals surface area contributed by atoms with Crippen molar-refractivity contribution < 1.29 is 5.11 Å². The van der Waals surface area contributed by atoms with Crippen LogP contribution in [0.2, 0.25) is 0 Å². The first-order chi connectivity index (χ1) is 8.15. The van der Waals surface area contributed by atoms with Gasteiger partial charge in [0.1, 0.15) is 5.82 Å². The molecule has 1 N–H and O–H groups in total. The fraction of sp³-hybridized carbons (Fsp3) is 0.714. The molecule has 0 saturated heterocycles. The molecule has 4 atom stereocenters. The zero-order valence-electron chi connectivity index (χ0n) is 10.6. The molecule has 1 heterocycles. The lowest BCUT2D eigenvalue weighted by molar-refractivity contribution is 0.197. The van der Waals surface area contributed by atoms with Crippen molar-refractivity contribution >= 4 is 0 Å². The summed E-state index contributed by atoms with van der Waals surface area (Å²) in [6.45, 7) is 3.74. The summed E-state index contributed by atoms with van der Waals surface area (Å²) in [5.74, 6) is 3.33. The maximum absolute atomic E-state index is 9.59. The minimum atomic E-state index is -0.468. The van der Waals surface area contributed by atoms with Crippen molar-refractivity contribution in [1.82, 2.24) is 9.97 Å². The van der Waals surface area contributed by atoms with Crippen LogP contribution in [0.5, 0.6) is 0 Å². The van der Waals surface area contributed by atoms with Gasteiger partial charge in [0.15, 0.2) is 0 Å². The van der Waals surface area contributed by atoms with Gasteiger partial charge in [-0.25, -0.2) is 9.97 Å². The highest BCUT2D eigenvalue weighted by Crippen LogP contribution is 2.52. The van der Waals surface area contributed by atoms with Crippen molar-refractivity contribution in [3.8, 4) is 0 Å². The van der Waals surface area contributed by atoms with Gasteiger partial charge in [0.25, 0.3) is 0 Å². The maximum atomic E-state index is 9.59. The second kappa shape index (κ2) is 4.05. The van der Waals surface area contributed by atoms with Crippen LogP contribution < -0.4 is 0 Å². The number of aromatic nitrogens is 2. The fourth-order valence-corrected chi connectivity index (χ4v) is 3.64. The minimum absolute atomic E-state index is 0.468. The van der Waals surface area contributed by atoms with Crippen LogP contribution in [-0.4, -0.2) is 15.1 Å². The lowest BCUT2D eigenvalue weighted by Crippen LogP contribution is -2.13. The fourth-order valence-electron chi connectivity index (χ4n) is 3.64. The molecule has 2 aliphatic rings. The van der Waals surface area contributed by atoms with Crippen molar-refractivity contribution in [2.75, 3.05) is 0 Å². The van der Waals surface area contributed by atoms with Gasteiger partial charge in [0.2, 0.25) is 0 Å². The predicted molar refractivity (Wildman–Crippen MR) is 65.6 cm³/mol. The Morgan fingerprint density at radius 3 is 2.71 bits per heavy atom. The van der Waals surface area contributed by atoms with Gasteiger partial charge in [-0.3, -0.25) is 0 Å². The Kier molecular flexibility index (Phi) is 2.66. The number of nitrogens with zero attached hydrogens (tertiary/aromatic N) is 2. The third kappa shape index (κ3) is 1.86. The van der Waals surface area contributed by atoms with Crippen molar-refractivity contribution in [2.45, 2.75) is 51.6 Å². The van der Waals surface area contributed by atoms with E-state index in [9.17, 15) is 5.11 Å². The zero-order valence-corrected chi connectivity index (χ0v) is 10.6. The molecular weight excluding hydrogens is 212 g/mol. The number of aliphatic hydroxyl groups excluding tert-OH is 1. The summed E-state index contributed by atoms with van der Waals surface area (Å²) in [4.78, 5) is 9.11. The van der Waals surface area contributed by atoms with Crippen LogP contribution in [0.15, 0.2) is 6.20 Å². The number of aryl methyl sites for hydroxylation is 1. The van der Waals surface area contributed by atoms with Gasteiger partial charge in [-0.05, 0) is 44.9 Å². The molecule has 0 spiro atoms. The highest BCUT2D eigenvalue weighted by Gasteiger charge is 2.41.